The number of unbranched alkanes of at least 4 members (excludes halogenated alkanes) is 1. The van der Waals surface area contributed by atoms with Gasteiger partial charge in [-0.3, -0.25) is 9.59 Å². The number of rotatable bonds is 22. The molecule has 4 rings (SSSR count). The quantitative estimate of drug-likeness (QED) is 0.0467. The molecule has 7 unspecified atom stereocenters. The van der Waals surface area contributed by atoms with Crippen molar-refractivity contribution in [2.24, 2.45) is 47.3 Å². The largest absolute Gasteiger partial charge is 0.462 e. The fourth-order valence-electron chi connectivity index (χ4n) is 11.6. The number of alkyl carbamates (subject to hydrolysis) is 2. The first-order valence-electron chi connectivity index (χ1n) is 26.5. The number of ether oxygens (including phenoxy) is 4. The average molecular weight is 943 g/mol. The van der Waals surface area contributed by atoms with Crippen molar-refractivity contribution in [2.45, 2.75) is 215 Å². The molecular weight excluding hydrogens is 849 g/mol. The minimum absolute atomic E-state index is 0.0129. The Kier molecular flexibility index (Phi) is 21.7. The second kappa shape index (κ2) is 25.9. The van der Waals surface area contributed by atoms with Crippen molar-refractivity contribution in [3.8, 4) is 0 Å². The van der Waals surface area contributed by atoms with Crippen LogP contribution in [0.5, 0.6) is 0 Å². The monoisotopic (exact) mass is 943 g/mol. The van der Waals surface area contributed by atoms with Gasteiger partial charge in [-0.25, -0.2) is 14.4 Å². The fraction of sp³-hybridized carbons (Fsp3) is 0.870. The molecule has 0 aliphatic heterocycles. The van der Waals surface area contributed by atoms with Crippen LogP contribution in [0.2, 0.25) is 0 Å². The molecule has 2 N–H and O–H groups in total. The Bertz CT molecular complexity index is 1630. The number of fused-ring (bicyclic) bond motifs is 5. The highest BCUT2D eigenvalue weighted by molar-refractivity contribution is 5.81. The molecule has 3 saturated carbocycles. The summed E-state index contributed by atoms with van der Waals surface area (Å²) in [6.45, 7) is 25.7. The number of hydrogen-bond acceptors (Lipinski definition) is 9. The number of nitrogens with one attached hydrogen (secondary N) is 2. The SMILES string of the molecule is CC(C)CCC[C@@H](C)C1CCC2C3CC=C4CC(OC(=O)CCC(=O)N(CCCCN(CCCNC(=O)OC(C)(C)C)C(=O)OC(C)(C)C)CCCNC(=O)OC(C)(C)C)CCC4C3CCC21. The summed E-state index contributed by atoms with van der Waals surface area (Å²) in [5.41, 5.74) is -0.406. The lowest BCUT2D eigenvalue weighted by molar-refractivity contribution is -0.152. The number of nitrogens with zero attached hydrogens (tertiary/aromatic N) is 2. The predicted octanol–water partition coefficient (Wildman–Crippen LogP) is 11.6. The van der Waals surface area contributed by atoms with E-state index >= 15 is 0 Å². The maximum atomic E-state index is 13.8. The topological polar surface area (TPSA) is 153 Å². The highest BCUT2D eigenvalue weighted by Gasteiger charge is 2.50. The predicted molar refractivity (Wildman–Crippen MR) is 264 cm³/mol. The van der Waals surface area contributed by atoms with E-state index in [4.69, 9.17) is 18.9 Å². The zero-order chi connectivity index (χ0) is 49.5. The van der Waals surface area contributed by atoms with Crippen molar-refractivity contribution in [1.29, 1.82) is 0 Å². The Balaban J connectivity index is 1.27. The van der Waals surface area contributed by atoms with Gasteiger partial charge in [-0.2, -0.15) is 0 Å². The minimum Gasteiger partial charge on any atom is -0.462 e. The number of hydrogen-bond donors (Lipinski definition) is 2. The lowest BCUT2D eigenvalue weighted by Crippen LogP contribution is -2.42. The molecule has 13 heteroatoms. The van der Waals surface area contributed by atoms with Crippen molar-refractivity contribution < 1.29 is 42.9 Å². The van der Waals surface area contributed by atoms with Crippen molar-refractivity contribution in [2.75, 3.05) is 39.3 Å². The van der Waals surface area contributed by atoms with Gasteiger partial charge >= 0.3 is 24.2 Å². The zero-order valence-electron chi connectivity index (χ0n) is 44.1. The number of allylic oxidation sites excluding steroid dienone is 1. The molecule has 0 heterocycles. The van der Waals surface area contributed by atoms with E-state index in [1.807, 2.05) is 20.8 Å². The Hall–Kier alpha value is -3.51. The van der Waals surface area contributed by atoms with Gasteiger partial charge in [0.05, 0.1) is 6.42 Å². The Morgan fingerprint density at radius 1 is 0.612 bits per heavy atom. The van der Waals surface area contributed by atoms with E-state index < -0.39 is 35.1 Å². The number of esters is 1. The van der Waals surface area contributed by atoms with Crippen LogP contribution in [0.25, 0.3) is 0 Å². The van der Waals surface area contributed by atoms with Gasteiger partial charge in [0.25, 0.3) is 0 Å². The van der Waals surface area contributed by atoms with Crippen LogP contribution in [0.3, 0.4) is 0 Å². The Labute approximate surface area is 405 Å². The second-order valence-electron chi connectivity index (χ2n) is 23.9. The van der Waals surface area contributed by atoms with Crippen molar-refractivity contribution >= 4 is 30.2 Å². The van der Waals surface area contributed by atoms with Crippen LogP contribution in [0, 0.1) is 47.3 Å². The van der Waals surface area contributed by atoms with E-state index in [2.05, 4.69) is 37.5 Å². The molecule has 67 heavy (non-hydrogen) atoms. The van der Waals surface area contributed by atoms with Gasteiger partial charge in [-0.15, -0.1) is 0 Å². The van der Waals surface area contributed by atoms with Crippen LogP contribution in [0.15, 0.2) is 11.6 Å². The van der Waals surface area contributed by atoms with Crippen LogP contribution >= 0.6 is 0 Å². The maximum Gasteiger partial charge on any atom is 0.410 e. The molecule has 4 aliphatic carbocycles. The molecule has 4 amide bonds. The van der Waals surface area contributed by atoms with E-state index in [0.29, 0.717) is 70.9 Å². The molecule has 0 bridgehead atoms. The summed E-state index contributed by atoms with van der Waals surface area (Å²) in [4.78, 5) is 68.1. The third-order valence-corrected chi connectivity index (χ3v) is 14.4. The van der Waals surface area contributed by atoms with Gasteiger partial charge < -0.3 is 39.4 Å². The van der Waals surface area contributed by atoms with Gasteiger partial charge in [0.15, 0.2) is 0 Å². The van der Waals surface area contributed by atoms with Crippen molar-refractivity contribution in [3.63, 3.8) is 0 Å². The van der Waals surface area contributed by atoms with Gasteiger partial charge in [0.2, 0.25) is 5.91 Å². The molecule has 0 spiro atoms. The average Bonchev–Trinajstić information content (AvgIpc) is 3.65. The molecule has 0 aromatic rings. The smallest absolute Gasteiger partial charge is 0.410 e. The summed E-state index contributed by atoms with van der Waals surface area (Å²) >= 11 is 0. The zero-order valence-corrected chi connectivity index (χ0v) is 44.1. The number of carbonyl (C=O) groups excluding carboxylic acids is 5. The van der Waals surface area contributed by atoms with Gasteiger partial charge in [-0.1, -0.05) is 51.7 Å². The molecule has 0 aromatic heterocycles. The first-order valence-corrected chi connectivity index (χ1v) is 26.5. The van der Waals surface area contributed by atoms with E-state index in [0.717, 1.165) is 60.7 Å². The van der Waals surface area contributed by atoms with Crippen molar-refractivity contribution in [1.82, 2.24) is 20.4 Å². The summed E-state index contributed by atoms with van der Waals surface area (Å²) in [5, 5.41) is 5.52. The first kappa shape index (κ1) is 56.1. The lowest BCUT2D eigenvalue weighted by Gasteiger charge is -2.50. The summed E-state index contributed by atoms with van der Waals surface area (Å²) in [7, 11) is 0. The highest BCUT2D eigenvalue weighted by atomic mass is 16.6. The van der Waals surface area contributed by atoms with Crippen LogP contribution in [0.4, 0.5) is 14.4 Å². The molecular formula is C54H94N4O9. The van der Waals surface area contributed by atoms with Gasteiger partial charge in [0, 0.05) is 52.1 Å². The summed E-state index contributed by atoms with van der Waals surface area (Å²) < 4.78 is 22.5. The Morgan fingerprint density at radius 2 is 1.16 bits per heavy atom. The second-order valence-corrected chi connectivity index (χ2v) is 23.9. The molecule has 8 atom stereocenters. The highest BCUT2D eigenvalue weighted by Crippen LogP contribution is 2.59. The van der Waals surface area contributed by atoms with Crippen LogP contribution in [-0.4, -0.2) is 102 Å². The first-order chi connectivity index (χ1) is 31.4. The molecule has 384 valence electrons. The lowest BCUT2D eigenvalue weighted by atomic mass is 9.56. The van der Waals surface area contributed by atoms with Crippen LogP contribution < -0.4 is 10.6 Å². The molecule has 0 aromatic carbocycles. The summed E-state index contributed by atoms with van der Waals surface area (Å²) in [5.74, 6) is 6.04. The van der Waals surface area contributed by atoms with Crippen LogP contribution in [0.1, 0.15) is 192 Å². The summed E-state index contributed by atoms with van der Waals surface area (Å²) in [6.07, 6.45) is 16.8. The standard InChI is InChI=1S/C54H94N4O9/c1-37(2)18-15-19-38(3)41-24-25-46-43(41)26-27-44-42-23-21-40(36-39(42)20-22-45(44)46)64-48(60)29-28-47(59)57(34-16-30-55-49(61)65-52(4,5)6)32-13-14-33-58(51(63)67-54(10,11)12)35-17-31-56-50(62)66-53(7,8)9/h20,37-38,40-46H,13-19,21-36H2,1-12H3,(H,55,61)(H,56,62)/t38-,40?,41?,42?,43?,44?,45?,46?/m1/s1. The molecule has 13 nitrogen and oxygen atoms in total. The normalized spacial score (nSPS) is 24.3. The Morgan fingerprint density at radius 3 is 1.76 bits per heavy atom. The molecule has 0 radical (unpaired) electrons. The molecule has 4 aliphatic rings. The number of carbonyl (C=O) groups is 5. The van der Waals surface area contributed by atoms with E-state index in [1.165, 1.54) is 56.9 Å². The van der Waals surface area contributed by atoms with E-state index in [9.17, 15) is 24.0 Å². The van der Waals surface area contributed by atoms with Gasteiger partial charge in [0.1, 0.15) is 22.9 Å². The summed E-state index contributed by atoms with van der Waals surface area (Å²) in [6, 6.07) is 0. The van der Waals surface area contributed by atoms with Crippen LogP contribution in [-0.2, 0) is 28.5 Å². The third kappa shape index (κ3) is 19.8. The van der Waals surface area contributed by atoms with E-state index in [1.54, 1.807) is 51.3 Å². The molecule has 3 fully saturated rings. The van der Waals surface area contributed by atoms with Gasteiger partial charge in [-0.05, 0) is 180 Å². The van der Waals surface area contributed by atoms with E-state index in [-0.39, 0.29) is 30.8 Å². The third-order valence-electron chi connectivity index (χ3n) is 14.4. The fourth-order valence-corrected chi connectivity index (χ4v) is 11.6. The number of amides is 4. The molecule has 0 saturated heterocycles. The minimum atomic E-state index is -0.678. The van der Waals surface area contributed by atoms with Crippen molar-refractivity contribution in [3.05, 3.63) is 11.6 Å². The maximum absolute atomic E-state index is 13.8.